The zero-order valence-electron chi connectivity index (χ0n) is 17.7. The molecule has 0 radical (unpaired) electrons. The van der Waals surface area contributed by atoms with Crippen LogP contribution < -0.4 is 0 Å². The van der Waals surface area contributed by atoms with Crippen LogP contribution in [0.1, 0.15) is 73.6 Å². The van der Waals surface area contributed by atoms with E-state index in [9.17, 15) is 4.57 Å². The molecule has 0 N–H and O–H groups in total. The molecule has 0 heterocycles. The number of allylic oxidation sites excluding steroid dienone is 6. The Bertz CT molecular complexity index is 495. The lowest BCUT2D eigenvalue weighted by Crippen LogP contribution is -1.98. The highest BCUT2D eigenvalue weighted by atomic mass is 32.2. The fourth-order valence-electron chi connectivity index (χ4n) is 2.41. The molecule has 0 aliphatic carbocycles. The second-order valence-electron chi connectivity index (χ2n) is 6.73. The summed E-state index contributed by atoms with van der Waals surface area (Å²) in [6.07, 6.45) is 12.5. The minimum atomic E-state index is -2.90. The summed E-state index contributed by atoms with van der Waals surface area (Å²) < 4.78 is 22.9. The molecule has 0 atom stereocenters. The van der Waals surface area contributed by atoms with E-state index < -0.39 is 7.60 Å². The van der Waals surface area contributed by atoms with E-state index in [0.29, 0.717) is 18.7 Å². The highest BCUT2D eigenvalue weighted by Crippen LogP contribution is 2.50. The van der Waals surface area contributed by atoms with Crippen molar-refractivity contribution >= 4 is 19.4 Å². The highest BCUT2D eigenvalue weighted by molar-refractivity contribution is 8.04. The van der Waals surface area contributed by atoms with E-state index in [1.165, 1.54) is 16.7 Å². The lowest BCUT2D eigenvalue weighted by atomic mass is 10.1. The van der Waals surface area contributed by atoms with E-state index in [1.807, 2.05) is 13.8 Å². The molecule has 0 aliphatic heterocycles. The van der Waals surface area contributed by atoms with E-state index in [2.05, 4.69) is 45.9 Å². The van der Waals surface area contributed by atoms with E-state index in [-0.39, 0.29) is 0 Å². The van der Waals surface area contributed by atoms with Crippen molar-refractivity contribution in [3.63, 3.8) is 0 Å². The van der Waals surface area contributed by atoms with E-state index in [1.54, 1.807) is 11.8 Å². The summed E-state index contributed by atoms with van der Waals surface area (Å²) in [4.78, 5) is 0. The molecule has 0 aromatic heterocycles. The van der Waals surface area contributed by atoms with Crippen molar-refractivity contribution in [3.8, 4) is 0 Å². The Morgan fingerprint density at radius 1 is 0.846 bits per heavy atom. The predicted octanol–water partition coefficient (Wildman–Crippen LogP) is 7.75. The van der Waals surface area contributed by atoms with Gasteiger partial charge >= 0.3 is 7.60 Å². The van der Waals surface area contributed by atoms with Crippen LogP contribution in [-0.2, 0) is 13.6 Å². The summed E-state index contributed by atoms with van der Waals surface area (Å²) in [6.45, 7) is 13.3. The summed E-state index contributed by atoms with van der Waals surface area (Å²) in [5, 5.41) is 0. The molecule has 0 unspecified atom stereocenters. The SMILES string of the molecule is CCOP(=O)(CSCCC=C(C)CCC=C(C)CCC=C(C)C)OCC. The van der Waals surface area contributed by atoms with Crippen LogP contribution >= 0.6 is 19.4 Å². The standard InChI is InChI=1S/C21H39O3PS/c1-7-23-25(22,24-8-2)18-26-17-11-16-21(6)15-10-14-20(5)13-9-12-19(3)4/h12,14,16H,7-11,13,15,17-18H2,1-6H3. The summed E-state index contributed by atoms with van der Waals surface area (Å²) in [5.41, 5.74) is 4.74. The number of rotatable bonds is 15. The van der Waals surface area contributed by atoms with Crippen LogP contribution in [0.5, 0.6) is 0 Å². The zero-order chi connectivity index (χ0) is 19.8. The third-order valence-corrected chi connectivity index (χ3v) is 7.60. The van der Waals surface area contributed by atoms with Gasteiger partial charge < -0.3 is 9.05 Å². The van der Waals surface area contributed by atoms with Gasteiger partial charge in [0.05, 0.1) is 18.7 Å². The lowest BCUT2D eigenvalue weighted by Gasteiger charge is -2.16. The average Bonchev–Trinajstić information content (AvgIpc) is 2.54. The van der Waals surface area contributed by atoms with E-state index in [0.717, 1.165) is 37.9 Å². The summed E-state index contributed by atoms with van der Waals surface area (Å²) >= 11 is 1.65. The second-order valence-corrected chi connectivity index (χ2v) is 10.3. The highest BCUT2D eigenvalue weighted by Gasteiger charge is 2.22. The first-order valence-electron chi connectivity index (χ1n) is 9.73. The van der Waals surface area contributed by atoms with Gasteiger partial charge in [-0.3, -0.25) is 4.57 Å². The first-order valence-corrected chi connectivity index (χ1v) is 12.6. The Kier molecular flexibility index (Phi) is 15.6. The van der Waals surface area contributed by atoms with Crippen LogP contribution in [0, 0.1) is 0 Å². The molecular formula is C21H39O3PS. The van der Waals surface area contributed by atoms with Crippen molar-refractivity contribution in [2.75, 3.05) is 24.5 Å². The van der Waals surface area contributed by atoms with Crippen molar-refractivity contribution in [3.05, 3.63) is 34.9 Å². The zero-order valence-corrected chi connectivity index (χ0v) is 19.4. The molecule has 0 saturated heterocycles. The molecular weight excluding hydrogens is 363 g/mol. The van der Waals surface area contributed by atoms with Crippen molar-refractivity contribution in [2.24, 2.45) is 0 Å². The molecule has 0 spiro atoms. The normalized spacial score (nSPS) is 13.2. The molecule has 5 heteroatoms. The molecule has 152 valence electrons. The third-order valence-electron chi connectivity index (χ3n) is 3.78. The van der Waals surface area contributed by atoms with Gasteiger partial charge in [0.15, 0.2) is 0 Å². The monoisotopic (exact) mass is 402 g/mol. The van der Waals surface area contributed by atoms with Gasteiger partial charge in [0.2, 0.25) is 0 Å². The maximum atomic E-state index is 12.3. The maximum Gasteiger partial charge on any atom is 0.340 e. The van der Waals surface area contributed by atoms with Gasteiger partial charge in [0.25, 0.3) is 0 Å². The van der Waals surface area contributed by atoms with E-state index in [4.69, 9.17) is 9.05 Å². The maximum absolute atomic E-state index is 12.3. The fourth-order valence-corrected chi connectivity index (χ4v) is 5.56. The molecule has 0 saturated carbocycles. The molecule has 0 bridgehead atoms. The fraction of sp³-hybridized carbons (Fsp3) is 0.714. The van der Waals surface area contributed by atoms with Crippen molar-refractivity contribution in [1.82, 2.24) is 0 Å². The van der Waals surface area contributed by atoms with Crippen LogP contribution in [0.15, 0.2) is 34.9 Å². The summed E-state index contributed by atoms with van der Waals surface area (Å²) in [7, 11) is -2.90. The van der Waals surface area contributed by atoms with Crippen molar-refractivity contribution in [2.45, 2.75) is 73.6 Å². The minimum absolute atomic E-state index is 0.429. The molecule has 3 nitrogen and oxygen atoms in total. The quantitative estimate of drug-likeness (QED) is 0.159. The minimum Gasteiger partial charge on any atom is -0.308 e. The molecule has 0 fully saturated rings. The van der Waals surface area contributed by atoms with Crippen molar-refractivity contribution in [1.29, 1.82) is 0 Å². The van der Waals surface area contributed by atoms with Gasteiger partial charge in [-0.1, -0.05) is 34.9 Å². The summed E-state index contributed by atoms with van der Waals surface area (Å²) in [6, 6.07) is 0. The Morgan fingerprint density at radius 3 is 1.85 bits per heavy atom. The first kappa shape index (κ1) is 25.7. The van der Waals surface area contributed by atoms with Gasteiger partial charge in [-0.15, -0.1) is 11.8 Å². The van der Waals surface area contributed by atoms with Gasteiger partial charge in [-0.2, -0.15) is 0 Å². The Labute approximate surface area is 166 Å². The van der Waals surface area contributed by atoms with Crippen LogP contribution in [0.25, 0.3) is 0 Å². The van der Waals surface area contributed by atoms with Gasteiger partial charge in [0.1, 0.15) is 0 Å². The Hall–Kier alpha value is -0.280. The molecule has 0 aromatic rings. The largest absolute Gasteiger partial charge is 0.340 e. The second kappa shape index (κ2) is 15.7. The lowest BCUT2D eigenvalue weighted by molar-refractivity contribution is 0.224. The van der Waals surface area contributed by atoms with Crippen LogP contribution in [0.3, 0.4) is 0 Å². The smallest absolute Gasteiger partial charge is 0.308 e. The van der Waals surface area contributed by atoms with Crippen LogP contribution in [0.2, 0.25) is 0 Å². The summed E-state index contributed by atoms with van der Waals surface area (Å²) in [5.74, 6) is 0.944. The number of thioether (sulfide) groups is 1. The average molecular weight is 403 g/mol. The first-order chi connectivity index (χ1) is 12.3. The van der Waals surface area contributed by atoms with Gasteiger partial charge in [-0.05, 0) is 79.4 Å². The topological polar surface area (TPSA) is 35.5 Å². The molecule has 0 aromatic carbocycles. The van der Waals surface area contributed by atoms with Gasteiger partial charge in [0, 0.05) is 0 Å². The number of hydrogen-bond donors (Lipinski definition) is 0. The van der Waals surface area contributed by atoms with Crippen molar-refractivity contribution < 1.29 is 13.6 Å². The van der Waals surface area contributed by atoms with Gasteiger partial charge in [-0.25, -0.2) is 0 Å². The third kappa shape index (κ3) is 14.8. The molecule has 0 rings (SSSR count). The predicted molar refractivity (Wildman–Crippen MR) is 118 cm³/mol. The van der Waals surface area contributed by atoms with Crippen LogP contribution in [0.4, 0.5) is 0 Å². The van der Waals surface area contributed by atoms with E-state index >= 15 is 0 Å². The Balaban J connectivity index is 4.00. The molecule has 0 amide bonds. The molecule has 0 aliphatic rings. The van der Waals surface area contributed by atoms with Crippen LogP contribution in [-0.4, -0.2) is 24.5 Å². The molecule has 26 heavy (non-hydrogen) atoms. The number of hydrogen-bond acceptors (Lipinski definition) is 4. The Morgan fingerprint density at radius 2 is 1.35 bits per heavy atom.